The second-order valence-electron chi connectivity index (χ2n) is 8.13. The molecule has 1 aliphatic heterocycles. The summed E-state index contributed by atoms with van der Waals surface area (Å²) in [5.41, 5.74) is -2.88. The minimum atomic E-state index is -3.83. The van der Waals surface area contributed by atoms with E-state index in [1.165, 1.54) is 30.5 Å². The maximum absolute atomic E-state index is 12.8. The van der Waals surface area contributed by atoms with Gasteiger partial charge < -0.3 is 25.4 Å². The van der Waals surface area contributed by atoms with E-state index in [0.717, 1.165) is 19.3 Å². The fourth-order valence-corrected chi connectivity index (χ4v) is 3.80. The van der Waals surface area contributed by atoms with Crippen molar-refractivity contribution in [1.82, 2.24) is 4.98 Å². The molecule has 0 radical (unpaired) electrons. The van der Waals surface area contributed by atoms with E-state index in [4.69, 9.17) is 11.6 Å². The fourth-order valence-electron chi connectivity index (χ4n) is 3.71. The first-order chi connectivity index (χ1) is 15.7. The van der Waals surface area contributed by atoms with Crippen LogP contribution in [-0.2, 0) is 4.79 Å². The Morgan fingerprint density at radius 1 is 1.18 bits per heavy atom. The average molecular weight is 481 g/mol. The zero-order chi connectivity index (χ0) is 23.6. The second kappa shape index (κ2) is 9.48. The summed E-state index contributed by atoms with van der Waals surface area (Å²) in [6.07, 6.45) is 4.17. The number of halogens is 3. The van der Waals surface area contributed by atoms with Crippen LogP contribution >= 0.6 is 11.6 Å². The van der Waals surface area contributed by atoms with Gasteiger partial charge >= 0.3 is 5.57 Å². The molecule has 0 spiro atoms. The highest BCUT2D eigenvalue weighted by molar-refractivity contribution is 6.20. The maximum atomic E-state index is 12.8. The highest BCUT2D eigenvalue weighted by Gasteiger charge is 2.29. The number of pyridine rings is 1. The molecule has 1 saturated carbocycles. The molecule has 176 valence electrons. The fraction of sp³-hybridized carbons (Fsp3) is 0.409. The molecule has 1 aromatic carbocycles. The molecular weight excluding hydrogens is 458 g/mol. The molecule has 3 N–H and O–H groups in total. The third-order valence-corrected chi connectivity index (χ3v) is 5.75. The summed E-state index contributed by atoms with van der Waals surface area (Å²) >= 11 is 4.74. The van der Waals surface area contributed by atoms with Crippen molar-refractivity contribution in [2.45, 2.75) is 37.4 Å². The Morgan fingerprint density at radius 2 is 1.91 bits per heavy atom. The normalized spacial score (nSPS) is 18.5. The number of rotatable bonds is 7. The van der Waals surface area contributed by atoms with Gasteiger partial charge in [-0.1, -0.05) is 6.42 Å². The molecule has 1 aliphatic carbocycles. The largest absolute Gasteiger partial charge is 0.487 e. The summed E-state index contributed by atoms with van der Waals surface area (Å²) in [5.74, 6) is -0.327. The number of amides is 2. The van der Waals surface area contributed by atoms with Crippen LogP contribution < -0.4 is 20.3 Å². The van der Waals surface area contributed by atoms with Crippen molar-refractivity contribution in [2.24, 2.45) is 5.92 Å². The number of aliphatic hydroxyl groups excluding tert-OH is 1. The standard InChI is InChI=1S/C22H23ClF2N4O4/c23-22(24,25)33-17-6-4-15(5-7-17)27-21(32)14-10-18(28-20(31)13-2-1-3-13)19(26-11-14)29-9-8-16(30)12-29/h4-7,10-11,13,16,30H,1-3,8-9,12H2,(H,27,32)(H,28,31). The predicted octanol–water partition coefficient (Wildman–Crippen LogP) is 3.81. The number of aliphatic hydroxyl groups is 1. The van der Waals surface area contributed by atoms with Crippen molar-refractivity contribution in [3.05, 3.63) is 42.1 Å². The lowest BCUT2D eigenvalue weighted by Gasteiger charge is -2.26. The number of alkyl halides is 3. The molecule has 8 nitrogen and oxygen atoms in total. The Kier molecular flexibility index (Phi) is 6.66. The summed E-state index contributed by atoms with van der Waals surface area (Å²) < 4.78 is 29.7. The van der Waals surface area contributed by atoms with Crippen LogP contribution in [0.3, 0.4) is 0 Å². The minimum absolute atomic E-state index is 0.0550. The third kappa shape index (κ3) is 5.88. The SMILES string of the molecule is O=C(Nc1ccc(OC(F)(F)Cl)cc1)c1cnc(N2CCC(O)C2)c(NC(=O)C2CCC2)c1. The number of aromatic nitrogens is 1. The van der Waals surface area contributed by atoms with E-state index in [2.05, 4.69) is 20.4 Å². The van der Waals surface area contributed by atoms with Crippen molar-refractivity contribution in [3.63, 3.8) is 0 Å². The highest BCUT2D eigenvalue weighted by Crippen LogP contribution is 2.32. The molecule has 33 heavy (non-hydrogen) atoms. The van der Waals surface area contributed by atoms with Crippen molar-refractivity contribution >= 4 is 40.6 Å². The van der Waals surface area contributed by atoms with Gasteiger partial charge in [-0.15, -0.1) is 8.78 Å². The molecule has 1 atom stereocenters. The minimum Gasteiger partial charge on any atom is -0.420 e. The van der Waals surface area contributed by atoms with E-state index in [1.54, 1.807) is 6.07 Å². The third-order valence-electron chi connectivity index (χ3n) is 5.67. The molecule has 2 amide bonds. The zero-order valence-electron chi connectivity index (χ0n) is 17.6. The molecule has 11 heteroatoms. The molecule has 2 fully saturated rings. The summed E-state index contributed by atoms with van der Waals surface area (Å²) in [4.78, 5) is 31.6. The van der Waals surface area contributed by atoms with Crippen molar-refractivity contribution in [2.75, 3.05) is 28.6 Å². The molecule has 2 heterocycles. The van der Waals surface area contributed by atoms with Gasteiger partial charge in [-0.2, -0.15) is 0 Å². The number of nitrogens with zero attached hydrogens (tertiary/aromatic N) is 2. The van der Waals surface area contributed by atoms with Crippen LogP contribution in [0.2, 0.25) is 0 Å². The van der Waals surface area contributed by atoms with Crippen LogP contribution in [0.1, 0.15) is 36.0 Å². The van der Waals surface area contributed by atoms with E-state index in [1.807, 2.05) is 4.90 Å². The van der Waals surface area contributed by atoms with E-state index in [0.29, 0.717) is 36.7 Å². The number of carbonyl (C=O) groups is 2. The predicted molar refractivity (Wildman–Crippen MR) is 119 cm³/mol. The van der Waals surface area contributed by atoms with Gasteiger partial charge in [0.15, 0.2) is 5.82 Å². The second-order valence-corrected chi connectivity index (χ2v) is 8.57. The van der Waals surface area contributed by atoms with Gasteiger partial charge in [-0.25, -0.2) is 4.98 Å². The number of β-amino-alcohol motifs (C(OH)–C–C–N with tert-alkyl or cyclic N) is 1. The van der Waals surface area contributed by atoms with Crippen LogP contribution in [0, 0.1) is 5.92 Å². The van der Waals surface area contributed by atoms with Gasteiger partial charge in [0.1, 0.15) is 5.75 Å². The first-order valence-electron chi connectivity index (χ1n) is 10.6. The Bertz CT molecular complexity index is 1030. The maximum Gasteiger partial charge on any atom is 0.487 e. The van der Waals surface area contributed by atoms with Crippen molar-refractivity contribution in [3.8, 4) is 5.75 Å². The molecule has 2 aliphatic rings. The number of carbonyl (C=O) groups excluding carboxylic acids is 2. The van der Waals surface area contributed by atoms with E-state index in [9.17, 15) is 23.5 Å². The monoisotopic (exact) mass is 480 g/mol. The first kappa shape index (κ1) is 23.2. The lowest BCUT2D eigenvalue weighted by Crippen LogP contribution is -2.30. The number of ether oxygens (including phenoxy) is 1. The van der Waals surface area contributed by atoms with Crippen molar-refractivity contribution in [1.29, 1.82) is 0 Å². The lowest BCUT2D eigenvalue weighted by molar-refractivity contribution is -0.122. The lowest BCUT2D eigenvalue weighted by atomic mass is 9.85. The number of benzene rings is 1. The Hall–Kier alpha value is -2.98. The molecule has 4 rings (SSSR count). The molecule has 1 aromatic heterocycles. The molecule has 1 saturated heterocycles. The average Bonchev–Trinajstić information content (AvgIpc) is 3.13. The van der Waals surface area contributed by atoms with Gasteiger partial charge in [0.05, 0.1) is 17.4 Å². The quantitative estimate of drug-likeness (QED) is 0.521. The highest BCUT2D eigenvalue weighted by atomic mass is 35.5. The number of hydrogen-bond acceptors (Lipinski definition) is 6. The van der Waals surface area contributed by atoms with Gasteiger partial charge in [0.2, 0.25) is 5.91 Å². The zero-order valence-corrected chi connectivity index (χ0v) is 18.3. The summed E-state index contributed by atoms with van der Waals surface area (Å²) in [6.45, 7) is 0.975. The van der Waals surface area contributed by atoms with Gasteiger partial charge in [-0.05, 0) is 49.6 Å². The number of nitrogens with one attached hydrogen (secondary N) is 2. The van der Waals surface area contributed by atoms with Crippen molar-refractivity contribution < 1.29 is 28.2 Å². The van der Waals surface area contributed by atoms with Crippen LogP contribution in [0.25, 0.3) is 0 Å². The van der Waals surface area contributed by atoms with Crippen LogP contribution in [-0.4, -0.2) is 46.7 Å². The number of anilines is 3. The van der Waals surface area contributed by atoms with E-state index in [-0.39, 0.29) is 23.1 Å². The van der Waals surface area contributed by atoms with Crippen LogP contribution in [0.4, 0.5) is 26.0 Å². The van der Waals surface area contributed by atoms with Crippen LogP contribution in [0.5, 0.6) is 5.75 Å². The Labute approximate surface area is 193 Å². The summed E-state index contributed by atoms with van der Waals surface area (Å²) in [5, 5.41) is 15.4. The van der Waals surface area contributed by atoms with E-state index >= 15 is 0 Å². The summed E-state index contributed by atoms with van der Waals surface area (Å²) in [6, 6.07) is 6.82. The molecular formula is C22H23ClF2N4O4. The number of hydrogen-bond donors (Lipinski definition) is 3. The smallest absolute Gasteiger partial charge is 0.420 e. The topological polar surface area (TPSA) is 104 Å². The van der Waals surface area contributed by atoms with Gasteiger partial charge in [0.25, 0.3) is 5.91 Å². The molecule has 0 bridgehead atoms. The van der Waals surface area contributed by atoms with Gasteiger partial charge in [0, 0.05) is 42.5 Å². The Balaban J connectivity index is 1.51. The summed E-state index contributed by atoms with van der Waals surface area (Å²) in [7, 11) is 0. The Morgan fingerprint density at radius 3 is 2.48 bits per heavy atom. The molecule has 2 aromatic rings. The van der Waals surface area contributed by atoms with Gasteiger partial charge in [-0.3, -0.25) is 9.59 Å². The molecule has 1 unspecified atom stereocenters. The first-order valence-corrected chi connectivity index (χ1v) is 11.0. The van der Waals surface area contributed by atoms with E-state index < -0.39 is 17.6 Å². The van der Waals surface area contributed by atoms with Crippen LogP contribution in [0.15, 0.2) is 36.5 Å².